The second-order valence-electron chi connectivity index (χ2n) is 6.85. The van der Waals surface area contributed by atoms with Crippen LogP contribution in [0.5, 0.6) is 5.75 Å². The van der Waals surface area contributed by atoms with Gasteiger partial charge in [-0.05, 0) is 61.4 Å². The van der Waals surface area contributed by atoms with Crippen molar-refractivity contribution in [2.45, 2.75) is 26.5 Å². The number of anilines is 1. The molecule has 6 heteroatoms. The summed E-state index contributed by atoms with van der Waals surface area (Å²) in [6.07, 6.45) is -0.721. The molecule has 0 saturated heterocycles. The first-order valence-corrected chi connectivity index (χ1v) is 9.96. The van der Waals surface area contributed by atoms with Crippen molar-refractivity contribution in [3.8, 4) is 5.75 Å². The summed E-state index contributed by atoms with van der Waals surface area (Å²) in [5, 5.41) is 6.28. The van der Waals surface area contributed by atoms with Crippen LogP contribution in [0.2, 0.25) is 5.02 Å². The van der Waals surface area contributed by atoms with Crippen molar-refractivity contribution in [2.75, 3.05) is 5.32 Å². The van der Waals surface area contributed by atoms with Gasteiger partial charge in [-0.3, -0.25) is 9.59 Å². The van der Waals surface area contributed by atoms with Gasteiger partial charge in [0.1, 0.15) is 5.75 Å². The van der Waals surface area contributed by atoms with Gasteiger partial charge >= 0.3 is 0 Å². The number of hydrogen-bond acceptors (Lipinski definition) is 3. The molecular formula is C24H23ClN2O3. The zero-order chi connectivity index (χ0) is 21.5. The summed E-state index contributed by atoms with van der Waals surface area (Å²) < 4.78 is 5.71. The molecule has 0 aliphatic heterocycles. The van der Waals surface area contributed by atoms with Crippen molar-refractivity contribution in [1.29, 1.82) is 0 Å². The van der Waals surface area contributed by atoms with Gasteiger partial charge in [-0.25, -0.2) is 0 Å². The third-order valence-corrected chi connectivity index (χ3v) is 5.03. The highest BCUT2D eigenvalue weighted by Gasteiger charge is 2.16. The molecule has 3 aromatic rings. The highest BCUT2D eigenvalue weighted by molar-refractivity contribution is 6.31. The van der Waals surface area contributed by atoms with Crippen molar-refractivity contribution in [2.24, 2.45) is 0 Å². The number of nitrogens with one attached hydrogen (secondary N) is 2. The molecule has 0 aliphatic rings. The molecule has 0 saturated carbocycles. The smallest absolute Gasteiger partial charge is 0.265 e. The Bertz CT molecular complexity index is 1020. The van der Waals surface area contributed by atoms with E-state index in [1.165, 1.54) is 0 Å². The second-order valence-corrected chi connectivity index (χ2v) is 7.26. The highest BCUT2D eigenvalue weighted by atomic mass is 35.5. The lowest BCUT2D eigenvalue weighted by molar-refractivity contribution is -0.122. The van der Waals surface area contributed by atoms with Crippen LogP contribution in [0, 0.1) is 6.92 Å². The summed E-state index contributed by atoms with van der Waals surface area (Å²) in [5.41, 5.74) is 2.99. The molecule has 3 rings (SSSR count). The zero-order valence-electron chi connectivity index (χ0n) is 16.8. The highest BCUT2D eigenvalue weighted by Crippen LogP contribution is 2.23. The average Bonchev–Trinajstić information content (AvgIpc) is 2.76. The first-order valence-electron chi connectivity index (χ1n) is 9.59. The molecule has 5 nitrogen and oxygen atoms in total. The van der Waals surface area contributed by atoms with Gasteiger partial charge in [0.25, 0.3) is 11.8 Å². The Labute approximate surface area is 181 Å². The molecule has 2 N–H and O–H groups in total. The SMILES string of the molecule is Cc1c(Cl)cccc1NC(=O)[C@@H](C)Oc1ccc(C(=O)NCc2ccccc2)cc1. The van der Waals surface area contributed by atoms with E-state index in [4.69, 9.17) is 16.3 Å². The molecule has 0 aromatic heterocycles. The fourth-order valence-electron chi connectivity index (χ4n) is 2.80. The summed E-state index contributed by atoms with van der Waals surface area (Å²) in [6.45, 7) is 3.96. The molecule has 0 heterocycles. The van der Waals surface area contributed by atoms with Gasteiger partial charge in [-0.1, -0.05) is 48.0 Å². The van der Waals surface area contributed by atoms with E-state index >= 15 is 0 Å². The van der Waals surface area contributed by atoms with Crippen LogP contribution in [0.4, 0.5) is 5.69 Å². The zero-order valence-corrected chi connectivity index (χ0v) is 17.6. The molecular weight excluding hydrogens is 400 g/mol. The minimum atomic E-state index is -0.721. The first-order chi connectivity index (χ1) is 14.4. The van der Waals surface area contributed by atoms with Crippen LogP contribution in [0.15, 0.2) is 72.8 Å². The fourth-order valence-corrected chi connectivity index (χ4v) is 2.97. The van der Waals surface area contributed by atoms with Crippen molar-refractivity contribution >= 4 is 29.1 Å². The van der Waals surface area contributed by atoms with Gasteiger partial charge in [-0.15, -0.1) is 0 Å². The molecule has 0 fully saturated rings. The van der Waals surface area contributed by atoms with Crippen molar-refractivity contribution in [3.05, 3.63) is 94.5 Å². The quantitative estimate of drug-likeness (QED) is 0.564. The number of hydrogen-bond donors (Lipinski definition) is 2. The second kappa shape index (κ2) is 9.94. The van der Waals surface area contributed by atoms with Gasteiger partial charge in [0.15, 0.2) is 6.10 Å². The fraction of sp³-hybridized carbons (Fsp3) is 0.167. The van der Waals surface area contributed by atoms with E-state index in [9.17, 15) is 9.59 Å². The number of rotatable bonds is 7. The van der Waals surface area contributed by atoms with Crippen molar-refractivity contribution < 1.29 is 14.3 Å². The monoisotopic (exact) mass is 422 g/mol. The molecule has 0 spiro atoms. The van der Waals surface area contributed by atoms with Gasteiger partial charge in [0, 0.05) is 22.8 Å². The van der Waals surface area contributed by atoms with Crippen LogP contribution in [-0.4, -0.2) is 17.9 Å². The van der Waals surface area contributed by atoms with Gasteiger partial charge in [0.2, 0.25) is 0 Å². The summed E-state index contributed by atoms with van der Waals surface area (Å²) in [5.74, 6) is 0.0396. The molecule has 0 unspecified atom stereocenters. The van der Waals surface area contributed by atoms with Crippen LogP contribution < -0.4 is 15.4 Å². The Morgan fingerprint density at radius 1 is 0.967 bits per heavy atom. The lowest BCUT2D eigenvalue weighted by atomic mass is 10.2. The van der Waals surface area contributed by atoms with Crippen LogP contribution in [0.25, 0.3) is 0 Å². The minimum absolute atomic E-state index is 0.173. The summed E-state index contributed by atoms with van der Waals surface area (Å²) in [4.78, 5) is 24.7. The molecule has 3 aromatic carbocycles. The molecule has 0 bridgehead atoms. The Kier molecular flexibility index (Phi) is 7.09. The van der Waals surface area contributed by atoms with E-state index in [0.29, 0.717) is 28.6 Å². The average molecular weight is 423 g/mol. The Hall–Kier alpha value is -3.31. The summed E-state index contributed by atoms with van der Waals surface area (Å²) in [7, 11) is 0. The Morgan fingerprint density at radius 2 is 1.67 bits per heavy atom. The molecule has 2 amide bonds. The third-order valence-electron chi connectivity index (χ3n) is 4.62. The summed E-state index contributed by atoms with van der Waals surface area (Å²) >= 11 is 6.09. The van der Waals surface area contributed by atoms with Gasteiger partial charge in [0.05, 0.1) is 0 Å². The first kappa shape index (κ1) is 21.4. The van der Waals surface area contributed by atoms with Gasteiger partial charge < -0.3 is 15.4 Å². The van der Waals surface area contributed by atoms with Crippen LogP contribution in [-0.2, 0) is 11.3 Å². The maximum atomic E-state index is 12.4. The largest absolute Gasteiger partial charge is 0.481 e. The van der Waals surface area contributed by atoms with E-state index in [2.05, 4.69) is 10.6 Å². The number of benzene rings is 3. The predicted molar refractivity (Wildman–Crippen MR) is 119 cm³/mol. The topological polar surface area (TPSA) is 67.4 Å². The maximum Gasteiger partial charge on any atom is 0.265 e. The van der Waals surface area contributed by atoms with Crippen LogP contribution in [0.3, 0.4) is 0 Å². The lowest BCUT2D eigenvalue weighted by Gasteiger charge is -2.16. The lowest BCUT2D eigenvalue weighted by Crippen LogP contribution is -2.30. The van der Waals surface area contributed by atoms with E-state index in [-0.39, 0.29) is 11.8 Å². The molecule has 0 aliphatic carbocycles. The van der Waals surface area contributed by atoms with E-state index in [1.54, 1.807) is 49.4 Å². The number of carbonyl (C=O) groups is 2. The van der Waals surface area contributed by atoms with E-state index in [1.807, 2.05) is 37.3 Å². The van der Waals surface area contributed by atoms with Crippen molar-refractivity contribution in [3.63, 3.8) is 0 Å². The molecule has 1 atom stereocenters. The Balaban J connectivity index is 1.54. The Morgan fingerprint density at radius 3 is 2.37 bits per heavy atom. The molecule has 154 valence electrons. The molecule has 30 heavy (non-hydrogen) atoms. The maximum absolute atomic E-state index is 12.4. The molecule has 0 radical (unpaired) electrons. The number of ether oxygens (including phenoxy) is 1. The predicted octanol–water partition coefficient (Wildman–Crippen LogP) is 4.98. The van der Waals surface area contributed by atoms with Crippen LogP contribution in [0.1, 0.15) is 28.4 Å². The number of halogens is 1. The number of carbonyl (C=O) groups excluding carboxylic acids is 2. The van der Waals surface area contributed by atoms with E-state index < -0.39 is 6.10 Å². The standard InChI is InChI=1S/C24H23ClN2O3/c1-16-21(25)9-6-10-22(16)27-23(28)17(2)30-20-13-11-19(12-14-20)24(29)26-15-18-7-4-3-5-8-18/h3-14,17H,15H2,1-2H3,(H,26,29)(H,27,28)/t17-/m1/s1. The van der Waals surface area contributed by atoms with Crippen molar-refractivity contribution in [1.82, 2.24) is 5.32 Å². The third kappa shape index (κ3) is 5.61. The number of amides is 2. The van der Waals surface area contributed by atoms with Crippen LogP contribution >= 0.6 is 11.6 Å². The summed E-state index contributed by atoms with van der Waals surface area (Å²) in [6, 6.07) is 21.7. The van der Waals surface area contributed by atoms with Gasteiger partial charge in [-0.2, -0.15) is 0 Å². The minimum Gasteiger partial charge on any atom is -0.481 e. The van der Waals surface area contributed by atoms with E-state index in [0.717, 1.165) is 11.1 Å². The normalized spacial score (nSPS) is 11.4.